The lowest BCUT2D eigenvalue weighted by atomic mass is 10.2. The molecule has 0 bridgehead atoms. The molecule has 4 rings (SSSR count). The zero-order valence-electron chi connectivity index (χ0n) is 13.7. The summed E-state index contributed by atoms with van der Waals surface area (Å²) in [5.41, 5.74) is 2.34. The molecular weight excluding hydrogens is 322 g/mol. The van der Waals surface area contributed by atoms with Crippen LogP contribution in [-0.4, -0.2) is 31.3 Å². The molecular formula is C19H17NO5. The van der Waals surface area contributed by atoms with Crippen molar-refractivity contribution < 1.29 is 23.8 Å². The maximum Gasteiger partial charge on any atom is 0.339 e. The predicted molar refractivity (Wildman–Crippen MR) is 89.9 cm³/mol. The Labute approximate surface area is 144 Å². The van der Waals surface area contributed by atoms with Crippen LogP contribution in [0.25, 0.3) is 0 Å². The lowest BCUT2D eigenvalue weighted by Crippen LogP contribution is -2.39. The summed E-state index contributed by atoms with van der Waals surface area (Å²) in [4.78, 5) is 26.7. The predicted octanol–water partition coefficient (Wildman–Crippen LogP) is 2.55. The monoisotopic (exact) mass is 339 g/mol. The number of esters is 1. The van der Waals surface area contributed by atoms with Crippen LogP contribution in [0.2, 0.25) is 0 Å². The van der Waals surface area contributed by atoms with Crippen molar-refractivity contribution in [1.29, 1.82) is 0 Å². The Balaban J connectivity index is 1.46. The number of benzene rings is 2. The van der Waals surface area contributed by atoms with Crippen LogP contribution >= 0.6 is 0 Å². The molecule has 2 heterocycles. The quantitative estimate of drug-likeness (QED) is 0.804. The maximum atomic E-state index is 12.7. The second-order valence-corrected chi connectivity index (χ2v) is 5.98. The van der Waals surface area contributed by atoms with E-state index in [1.165, 1.54) is 0 Å². The van der Waals surface area contributed by atoms with Crippen molar-refractivity contribution in [2.24, 2.45) is 0 Å². The first kappa shape index (κ1) is 15.5. The van der Waals surface area contributed by atoms with Gasteiger partial charge in [0.15, 0.2) is 17.6 Å². The minimum Gasteiger partial charge on any atom is -0.454 e. The number of ether oxygens (including phenoxy) is 3. The molecule has 2 aliphatic heterocycles. The van der Waals surface area contributed by atoms with Gasteiger partial charge in [0.1, 0.15) is 0 Å². The van der Waals surface area contributed by atoms with Crippen molar-refractivity contribution in [2.75, 3.05) is 18.2 Å². The van der Waals surface area contributed by atoms with Crippen LogP contribution in [-0.2, 0) is 16.0 Å². The number of para-hydroxylation sites is 1. The van der Waals surface area contributed by atoms with Gasteiger partial charge in [-0.3, -0.25) is 4.79 Å². The summed E-state index contributed by atoms with van der Waals surface area (Å²) < 4.78 is 15.8. The average molecular weight is 339 g/mol. The van der Waals surface area contributed by atoms with Crippen molar-refractivity contribution in [3.8, 4) is 11.5 Å². The highest BCUT2D eigenvalue weighted by Crippen LogP contribution is 2.33. The number of hydrogen-bond donors (Lipinski definition) is 0. The molecule has 2 aliphatic rings. The fraction of sp³-hybridized carbons (Fsp3) is 0.263. The molecule has 0 saturated carbocycles. The highest BCUT2D eigenvalue weighted by Gasteiger charge is 2.30. The third-order valence-corrected chi connectivity index (χ3v) is 4.39. The Morgan fingerprint density at radius 2 is 1.92 bits per heavy atom. The Kier molecular flexibility index (Phi) is 3.80. The smallest absolute Gasteiger partial charge is 0.339 e. The molecule has 1 amide bonds. The summed E-state index contributed by atoms with van der Waals surface area (Å²) in [6, 6.07) is 12.6. The van der Waals surface area contributed by atoms with E-state index in [1.54, 1.807) is 30.0 Å². The normalized spacial score (nSPS) is 15.6. The molecule has 0 aromatic heterocycles. The van der Waals surface area contributed by atoms with E-state index >= 15 is 0 Å². The molecule has 6 nitrogen and oxygen atoms in total. The van der Waals surface area contributed by atoms with Crippen molar-refractivity contribution in [3.63, 3.8) is 0 Å². The van der Waals surface area contributed by atoms with Gasteiger partial charge in [-0.2, -0.15) is 0 Å². The molecule has 0 aliphatic carbocycles. The van der Waals surface area contributed by atoms with E-state index in [0.29, 0.717) is 23.6 Å². The molecule has 0 radical (unpaired) electrons. The van der Waals surface area contributed by atoms with Gasteiger partial charge in [-0.25, -0.2) is 4.79 Å². The Morgan fingerprint density at radius 3 is 2.80 bits per heavy atom. The van der Waals surface area contributed by atoms with Gasteiger partial charge in [0.2, 0.25) is 6.79 Å². The van der Waals surface area contributed by atoms with Crippen LogP contribution in [0.15, 0.2) is 42.5 Å². The zero-order valence-corrected chi connectivity index (χ0v) is 13.7. The number of hydrogen-bond acceptors (Lipinski definition) is 5. The molecule has 128 valence electrons. The van der Waals surface area contributed by atoms with Crippen molar-refractivity contribution in [1.82, 2.24) is 0 Å². The van der Waals surface area contributed by atoms with E-state index < -0.39 is 12.1 Å². The number of amides is 1. The van der Waals surface area contributed by atoms with E-state index in [2.05, 4.69) is 0 Å². The van der Waals surface area contributed by atoms with Crippen LogP contribution in [0.3, 0.4) is 0 Å². The highest BCUT2D eigenvalue weighted by atomic mass is 16.7. The van der Waals surface area contributed by atoms with Gasteiger partial charge >= 0.3 is 5.97 Å². The van der Waals surface area contributed by atoms with Crippen molar-refractivity contribution >= 4 is 17.6 Å². The minimum absolute atomic E-state index is 0.136. The lowest BCUT2D eigenvalue weighted by Gasteiger charge is -2.21. The number of carbonyl (C=O) groups excluding carboxylic acids is 2. The number of rotatable bonds is 3. The molecule has 25 heavy (non-hydrogen) atoms. The molecule has 0 saturated heterocycles. The average Bonchev–Trinajstić information content (AvgIpc) is 3.26. The first-order valence-corrected chi connectivity index (χ1v) is 8.13. The third kappa shape index (κ3) is 2.80. The van der Waals surface area contributed by atoms with Crippen LogP contribution in [0.4, 0.5) is 5.69 Å². The summed E-state index contributed by atoms with van der Waals surface area (Å²) in [6.45, 7) is 2.33. The van der Waals surface area contributed by atoms with Gasteiger partial charge in [0.25, 0.3) is 5.91 Å². The van der Waals surface area contributed by atoms with Crippen LogP contribution < -0.4 is 14.4 Å². The van der Waals surface area contributed by atoms with Crippen molar-refractivity contribution in [2.45, 2.75) is 19.4 Å². The summed E-state index contributed by atoms with van der Waals surface area (Å²) in [5.74, 6) is 0.307. The highest BCUT2D eigenvalue weighted by molar-refractivity contribution is 6.00. The fourth-order valence-corrected chi connectivity index (χ4v) is 3.09. The number of nitrogens with zero attached hydrogens (tertiary/aromatic N) is 1. The molecule has 2 aromatic carbocycles. The zero-order chi connectivity index (χ0) is 17.4. The van der Waals surface area contributed by atoms with Gasteiger partial charge in [-0.1, -0.05) is 18.2 Å². The molecule has 6 heteroatoms. The standard InChI is InChI=1S/C19H17NO5/c1-12(18(21)20-9-8-13-4-2-3-5-15(13)20)25-19(22)14-6-7-16-17(10-14)24-11-23-16/h2-7,10,12H,8-9,11H2,1H3/t12-/m1/s1. The van der Waals surface area contributed by atoms with Gasteiger partial charge < -0.3 is 19.1 Å². The third-order valence-electron chi connectivity index (χ3n) is 4.39. The number of fused-ring (bicyclic) bond motifs is 2. The Hall–Kier alpha value is -3.02. The topological polar surface area (TPSA) is 65.1 Å². The second kappa shape index (κ2) is 6.12. The van der Waals surface area contributed by atoms with Crippen LogP contribution in [0.1, 0.15) is 22.8 Å². The second-order valence-electron chi connectivity index (χ2n) is 5.98. The molecule has 1 atom stereocenters. The van der Waals surface area contributed by atoms with Gasteiger partial charge in [-0.15, -0.1) is 0 Å². The summed E-state index contributed by atoms with van der Waals surface area (Å²) in [6.07, 6.45) is -0.0610. The number of carbonyl (C=O) groups is 2. The first-order chi connectivity index (χ1) is 12.1. The molecule has 0 spiro atoms. The molecule has 2 aromatic rings. The first-order valence-electron chi connectivity index (χ1n) is 8.13. The van der Waals surface area contributed by atoms with E-state index in [1.807, 2.05) is 24.3 Å². The lowest BCUT2D eigenvalue weighted by molar-refractivity contribution is -0.126. The molecule has 0 N–H and O–H groups in total. The SMILES string of the molecule is C[C@@H](OC(=O)c1ccc2c(c1)OCO2)C(=O)N1CCc2ccccc21. The van der Waals surface area contributed by atoms with E-state index in [4.69, 9.17) is 14.2 Å². The maximum absolute atomic E-state index is 12.7. The summed E-state index contributed by atoms with van der Waals surface area (Å²) in [5, 5.41) is 0. The largest absolute Gasteiger partial charge is 0.454 e. The Bertz CT molecular complexity index is 847. The molecule has 0 unspecified atom stereocenters. The van der Waals surface area contributed by atoms with Gasteiger partial charge in [0.05, 0.1) is 5.56 Å². The molecule has 0 fully saturated rings. The summed E-state index contributed by atoms with van der Waals surface area (Å²) in [7, 11) is 0. The van der Waals surface area contributed by atoms with E-state index in [9.17, 15) is 9.59 Å². The van der Waals surface area contributed by atoms with E-state index in [-0.39, 0.29) is 12.7 Å². The number of anilines is 1. The van der Waals surface area contributed by atoms with Crippen LogP contribution in [0, 0.1) is 0 Å². The minimum atomic E-state index is -0.871. The fourth-order valence-electron chi connectivity index (χ4n) is 3.09. The van der Waals surface area contributed by atoms with Gasteiger partial charge in [0, 0.05) is 12.2 Å². The van der Waals surface area contributed by atoms with E-state index in [0.717, 1.165) is 17.7 Å². The van der Waals surface area contributed by atoms with Gasteiger partial charge in [-0.05, 0) is 43.2 Å². The summed E-state index contributed by atoms with van der Waals surface area (Å²) >= 11 is 0. The van der Waals surface area contributed by atoms with Crippen LogP contribution in [0.5, 0.6) is 11.5 Å². The Morgan fingerprint density at radius 1 is 1.12 bits per heavy atom. The van der Waals surface area contributed by atoms with Crippen molar-refractivity contribution in [3.05, 3.63) is 53.6 Å².